The molecule has 0 bridgehead atoms. The largest absolute Gasteiger partial charge is 0.357 e. The van der Waals surface area contributed by atoms with Crippen molar-refractivity contribution in [2.75, 3.05) is 39.3 Å². The van der Waals surface area contributed by atoms with Crippen LogP contribution in [0.1, 0.15) is 52.9 Å². The summed E-state index contributed by atoms with van der Waals surface area (Å²) in [5.41, 5.74) is 0. The maximum Gasteiger partial charge on any atom is 0.191 e. The van der Waals surface area contributed by atoms with Crippen LogP contribution >= 0.6 is 24.0 Å². The van der Waals surface area contributed by atoms with Crippen molar-refractivity contribution in [2.24, 2.45) is 22.7 Å². The van der Waals surface area contributed by atoms with Crippen LogP contribution in [-0.4, -0.2) is 50.1 Å². The van der Waals surface area contributed by atoms with Crippen LogP contribution in [0.3, 0.4) is 0 Å². The van der Waals surface area contributed by atoms with E-state index in [-0.39, 0.29) is 24.0 Å². The van der Waals surface area contributed by atoms with Gasteiger partial charge in [-0.25, -0.2) is 0 Å². The van der Waals surface area contributed by atoms with Gasteiger partial charge in [0.15, 0.2) is 5.96 Å². The molecule has 1 saturated heterocycles. The number of halogens is 1. The Morgan fingerprint density at radius 3 is 2.39 bits per heavy atom. The van der Waals surface area contributed by atoms with Crippen LogP contribution in [0.15, 0.2) is 4.99 Å². The Labute approximate surface area is 160 Å². The van der Waals surface area contributed by atoms with Crippen LogP contribution < -0.4 is 10.6 Å². The van der Waals surface area contributed by atoms with Crippen molar-refractivity contribution in [1.82, 2.24) is 15.5 Å². The fourth-order valence-electron chi connectivity index (χ4n) is 3.50. The second kappa shape index (κ2) is 11.5. The first-order valence-corrected chi connectivity index (χ1v) is 9.42. The van der Waals surface area contributed by atoms with Gasteiger partial charge in [-0.3, -0.25) is 4.99 Å². The molecule has 136 valence electrons. The average Bonchev–Trinajstić information content (AvgIpc) is 3.27. The first-order valence-electron chi connectivity index (χ1n) is 9.42. The molecule has 0 aromatic carbocycles. The van der Waals surface area contributed by atoms with E-state index in [1.165, 1.54) is 51.7 Å². The maximum absolute atomic E-state index is 4.67. The fourth-order valence-corrected chi connectivity index (χ4v) is 3.50. The number of hydrogen-bond acceptors (Lipinski definition) is 2. The van der Waals surface area contributed by atoms with Crippen LogP contribution in [0.2, 0.25) is 0 Å². The lowest BCUT2D eigenvalue weighted by molar-refractivity contribution is 0.139. The van der Waals surface area contributed by atoms with E-state index in [1.807, 2.05) is 0 Å². The second-order valence-electron chi connectivity index (χ2n) is 7.50. The molecule has 2 N–H and O–H groups in total. The van der Waals surface area contributed by atoms with Gasteiger partial charge in [-0.2, -0.15) is 0 Å². The molecule has 0 radical (unpaired) electrons. The highest BCUT2D eigenvalue weighted by Crippen LogP contribution is 2.28. The molecular formula is C18H37IN4. The Bertz CT molecular complexity index is 334. The Morgan fingerprint density at radius 1 is 1.09 bits per heavy atom. The van der Waals surface area contributed by atoms with Crippen molar-refractivity contribution in [3.8, 4) is 0 Å². The molecule has 0 aromatic rings. The normalized spacial score (nSPS) is 25.8. The molecule has 5 heteroatoms. The predicted octanol–water partition coefficient (Wildman–Crippen LogP) is 3.33. The molecule has 0 spiro atoms. The lowest BCUT2D eigenvalue weighted by atomic mass is 9.92. The molecule has 1 heterocycles. The maximum atomic E-state index is 4.67. The molecule has 1 aliphatic carbocycles. The molecule has 1 aliphatic heterocycles. The number of likely N-dealkylation sites (tertiary alicyclic amines) is 1. The topological polar surface area (TPSA) is 39.7 Å². The zero-order chi connectivity index (χ0) is 15.8. The monoisotopic (exact) mass is 436 g/mol. The lowest BCUT2D eigenvalue weighted by Crippen LogP contribution is -2.40. The lowest BCUT2D eigenvalue weighted by Gasteiger charge is -2.34. The third-order valence-electron chi connectivity index (χ3n) is 4.69. The second-order valence-corrected chi connectivity index (χ2v) is 7.50. The molecule has 2 atom stereocenters. The number of rotatable bonds is 8. The molecule has 2 aliphatic rings. The third kappa shape index (κ3) is 9.13. The van der Waals surface area contributed by atoms with Crippen molar-refractivity contribution in [1.29, 1.82) is 0 Å². The number of hydrogen-bond donors (Lipinski definition) is 2. The van der Waals surface area contributed by atoms with Crippen molar-refractivity contribution in [2.45, 2.75) is 52.9 Å². The first kappa shape index (κ1) is 21.0. The van der Waals surface area contributed by atoms with Crippen LogP contribution in [-0.2, 0) is 0 Å². The fraction of sp³-hybridized carbons (Fsp3) is 0.944. The Kier molecular flexibility index (Phi) is 10.5. The highest BCUT2D eigenvalue weighted by Gasteiger charge is 2.21. The molecule has 0 aromatic heterocycles. The molecule has 2 fully saturated rings. The summed E-state index contributed by atoms with van der Waals surface area (Å²) in [6, 6.07) is 0. The van der Waals surface area contributed by atoms with Gasteiger partial charge in [0.1, 0.15) is 0 Å². The summed E-state index contributed by atoms with van der Waals surface area (Å²) >= 11 is 0. The molecule has 1 saturated carbocycles. The molecule has 4 nitrogen and oxygen atoms in total. The number of nitrogens with zero attached hydrogens (tertiary/aromatic N) is 2. The van der Waals surface area contributed by atoms with Crippen molar-refractivity contribution in [3.05, 3.63) is 0 Å². The van der Waals surface area contributed by atoms with E-state index in [1.54, 1.807) is 0 Å². The van der Waals surface area contributed by atoms with Gasteiger partial charge in [0.25, 0.3) is 0 Å². The van der Waals surface area contributed by atoms with Crippen molar-refractivity contribution in [3.63, 3.8) is 0 Å². The zero-order valence-electron chi connectivity index (χ0n) is 15.3. The standard InChI is InChI=1S/C18H36N4.HI/c1-4-19-18(21-12-17-7-8-17)20-9-5-6-10-22-13-15(2)11-16(3)14-22;/h15-17H,4-14H2,1-3H3,(H2,19,20,21);1H. The minimum atomic E-state index is 0. The minimum absolute atomic E-state index is 0. The number of nitrogens with one attached hydrogen (secondary N) is 2. The van der Waals surface area contributed by atoms with E-state index >= 15 is 0 Å². The van der Waals surface area contributed by atoms with Crippen LogP contribution in [0.5, 0.6) is 0 Å². The zero-order valence-corrected chi connectivity index (χ0v) is 17.6. The summed E-state index contributed by atoms with van der Waals surface area (Å²) in [7, 11) is 0. The van der Waals surface area contributed by atoms with Gasteiger partial charge in [0, 0.05) is 32.7 Å². The third-order valence-corrected chi connectivity index (χ3v) is 4.69. The van der Waals surface area contributed by atoms with Crippen LogP contribution in [0.25, 0.3) is 0 Å². The van der Waals surface area contributed by atoms with Gasteiger partial charge in [0.05, 0.1) is 0 Å². The minimum Gasteiger partial charge on any atom is -0.357 e. The number of piperidine rings is 1. The van der Waals surface area contributed by atoms with E-state index in [0.29, 0.717) is 0 Å². The Hall–Kier alpha value is -0.0400. The van der Waals surface area contributed by atoms with Gasteiger partial charge in [-0.1, -0.05) is 13.8 Å². The van der Waals surface area contributed by atoms with E-state index in [2.05, 4.69) is 41.3 Å². The quantitative estimate of drug-likeness (QED) is 0.266. The van der Waals surface area contributed by atoms with E-state index in [4.69, 9.17) is 0 Å². The van der Waals surface area contributed by atoms with E-state index in [0.717, 1.165) is 43.3 Å². The molecule has 2 rings (SSSR count). The summed E-state index contributed by atoms with van der Waals surface area (Å²) in [4.78, 5) is 7.32. The van der Waals surface area contributed by atoms with Gasteiger partial charge in [0.2, 0.25) is 0 Å². The smallest absolute Gasteiger partial charge is 0.191 e. The SMILES string of the molecule is CCNC(=NCC1CC1)NCCCCN1CC(C)CC(C)C1.I. The Morgan fingerprint density at radius 2 is 1.78 bits per heavy atom. The van der Waals surface area contributed by atoms with Gasteiger partial charge in [-0.15, -0.1) is 24.0 Å². The summed E-state index contributed by atoms with van der Waals surface area (Å²) in [5, 5.41) is 6.83. The van der Waals surface area contributed by atoms with Crippen molar-refractivity contribution >= 4 is 29.9 Å². The highest BCUT2D eigenvalue weighted by molar-refractivity contribution is 14.0. The Balaban J connectivity index is 0.00000264. The summed E-state index contributed by atoms with van der Waals surface area (Å²) < 4.78 is 0. The van der Waals surface area contributed by atoms with Gasteiger partial charge in [-0.05, 0) is 63.3 Å². The van der Waals surface area contributed by atoms with Gasteiger partial charge < -0.3 is 15.5 Å². The number of unbranched alkanes of at least 4 members (excludes halogenated alkanes) is 1. The molecular weight excluding hydrogens is 399 g/mol. The number of aliphatic imine (C=N–C) groups is 1. The van der Waals surface area contributed by atoms with Gasteiger partial charge >= 0.3 is 0 Å². The highest BCUT2D eigenvalue weighted by atomic mass is 127. The molecule has 2 unspecified atom stereocenters. The van der Waals surface area contributed by atoms with Crippen LogP contribution in [0.4, 0.5) is 0 Å². The molecule has 23 heavy (non-hydrogen) atoms. The summed E-state index contributed by atoms with van der Waals surface area (Å²) in [6.45, 7) is 13.7. The number of guanidine groups is 1. The predicted molar refractivity (Wildman–Crippen MR) is 111 cm³/mol. The summed E-state index contributed by atoms with van der Waals surface area (Å²) in [6.07, 6.45) is 6.66. The van der Waals surface area contributed by atoms with Crippen molar-refractivity contribution < 1.29 is 0 Å². The van der Waals surface area contributed by atoms with Crippen LogP contribution in [0, 0.1) is 17.8 Å². The first-order chi connectivity index (χ1) is 10.7. The van der Waals surface area contributed by atoms with E-state index in [9.17, 15) is 0 Å². The van der Waals surface area contributed by atoms with E-state index < -0.39 is 0 Å². The average molecular weight is 436 g/mol. The summed E-state index contributed by atoms with van der Waals surface area (Å²) in [5.74, 6) is 3.61. The molecule has 0 amide bonds.